The van der Waals surface area contributed by atoms with Crippen molar-refractivity contribution in [1.82, 2.24) is 15.1 Å². The molecule has 0 spiro atoms. The summed E-state index contributed by atoms with van der Waals surface area (Å²) >= 11 is 1.30. The molecule has 8 heteroatoms. The minimum absolute atomic E-state index is 0.270. The molecule has 152 valence electrons. The lowest BCUT2D eigenvalue weighted by Crippen LogP contribution is -2.17. The molecule has 0 aliphatic carbocycles. The number of hydrogen-bond donors (Lipinski definition) is 1. The molecule has 2 aromatic carbocycles. The molecule has 0 saturated heterocycles. The number of amides is 1. The highest BCUT2D eigenvalue weighted by Crippen LogP contribution is 2.19. The summed E-state index contributed by atoms with van der Waals surface area (Å²) in [5.41, 5.74) is 1.86. The Kier molecular flexibility index (Phi) is 7.15. The summed E-state index contributed by atoms with van der Waals surface area (Å²) in [6.45, 7) is 4.00. The Balaban J connectivity index is 1.53. The molecule has 0 unspecified atom stereocenters. The summed E-state index contributed by atoms with van der Waals surface area (Å²) in [5.74, 6) is 1.33. The van der Waals surface area contributed by atoms with Gasteiger partial charge in [0.1, 0.15) is 16.5 Å². The molecular weight excluding hydrogens is 388 g/mol. The van der Waals surface area contributed by atoms with Gasteiger partial charge in [-0.1, -0.05) is 23.5 Å². The van der Waals surface area contributed by atoms with Gasteiger partial charge in [-0.25, -0.2) is 0 Å². The minimum Gasteiger partial charge on any atom is -0.497 e. The van der Waals surface area contributed by atoms with Crippen molar-refractivity contribution in [2.45, 2.75) is 20.0 Å². The third-order valence-corrected chi connectivity index (χ3v) is 5.01. The first-order valence-electron chi connectivity index (χ1n) is 9.25. The van der Waals surface area contributed by atoms with Crippen molar-refractivity contribution < 1.29 is 14.3 Å². The summed E-state index contributed by atoms with van der Waals surface area (Å²) in [6, 6.07) is 15.2. The number of methoxy groups -OCH3 is 1. The Morgan fingerprint density at radius 3 is 2.38 bits per heavy atom. The number of hydrogen-bond acceptors (Lipinski definition) is 7. The average Bonchev–Trinajstić information content (AvgIpc) is 3.19. The van der Waals surface area contributed by atoms with Crippen molar-refractivity contribution in [2.75, 3.05) is 26.1 Å². The van der Waals surface area contributed by atoms with Gasteiger partial charge in [-0.2, -0.15) is 0 Å². The van der Waals surface area contributed by atoms with Crippen molar-refractivity contribution in [1.29, 1.82) is 0 Å². The predicted molar refractivity (Wildman–Crippen MR) is 114 cm³/mol. The topological polar surface area (TPSA) is 76.6 Å². The largest absolute Gasteiger partial charge is 0.497 e. The van der Waals surface area contributed by atoms with Gasteiger partial charge in [0.05, 0.1) is 20.3 Å². The number of anilines is 1. The summed E-state index contributed by atoms with van der Waals surface area (Å²) in [4.78, 5) is 14.5. The first-order chi connectivity index (χ1) is 14.1. The third kappa shape index (κ3) is 6.00. The van der Waals surface area contributed by atoms with E-state index in [2.05, 4.69) is 32.5 Å². The molecule has 0 bridgehead atoms. The van der Waals surface area contributed by atoms with Crippen molar-refractivity contribution in [3.63, 3.8) is 0 Å². The van der Waals surface area contributed by atoms with Crippen LogP contribution in [0.3, 0.4) is 0 Å². The van der Waals surface area contributed by atoms with Crippen LogP contribution in [0.4, 0.5) is 5.69 Å². The molecule has 0 atom stereocenters. The Hall–Kier alpha value is -2.97. The number of benzene rings is 2. The molecule has 0 aliphatic rings. The van der Waals surface area contributed by atoms with Crippen molar-refractivity contribution in [3.05, 3.63) is 64.1 Å². The second-order valence-electron chi connectivity index (χ2n) is 6.43. The Morgan fingerprint density at radius 2 is 1.72 bits per heavy atom. The van der Waals surface area contributed by atoms with E-state index in [0.29, 0.717) is 23.8 Å². The van der Waals surface area contributed by atoms with E-state index >= 15 is 0 Å². The highest BCUT2D eigenvalue weighted by atomic mass is 32.1. The maximum atomic E-state index is 12.4. The lowest BCUT2D eigenvalue weighted by molar-refractivity contribution is 0.102. The Labute approximate surface area is 174 Å². The molecule has 7 nitrogen and oxygen atoms in total. The Morgan fingerprint density at radius 1 is 1.03 bits per heavy atom. The van der Waals surface area contributed by atoms with E-state index in [1.54, 1.807) is 31.4 Å². The van der Waals surface area contributed by atoms with E-state index in [-0.39, 0.29) is 5.91 Å². The van der Waals surface area contributed by atoms with Crippen molar-refractivity contribution in [3.8, 4) is 11.5 Å². The van der Waals surface area contributed by atoms with Gasteiger partial charge in [0, 0.05) is 12.2 Å². The second kappa shape index (κ2) is 9.99. The zero-order chi connectivity index (χ0) is 20.6. The van der Waals surface area contributed by atoms with Crippen LogP contribution in [0.25, 0.3) is 0 Å². The van der Waals surface area contributed by atoms with Crippen LogP contribution in [0, 0.1) is 0 Å². The zero-order valence-corrected chi connectivity index (χ0v) is 17.5. The van der Waals surface area contributed by atoms with Crippen LogP contribution in [0.2, 0.25) is 0 Å². The van der Waals surface area contributed by atoms with Gasteiger partial charge in [-0.3, -0.25) is 9.69 Å². The van der Waals surface area contributed by atoms with E-state index in [1.807, 2.05) is 26.1 Å². The fraction of sp³-hybridized carbons (Fsp3) is 0.286. The quantitative estimate of drug-likeness (QED) is 0.576. The van der Waals surface area contributed by atoms with E-state index in [4.69, 9.17) is 9.47 Å². The number of nitrogens with zero attached hydrogens (tertiary/aromatic N) is 3. The standard InChI is InChI=1S/C21H24N4O3S/c1-4-28-18-9-5-15(6-10-18)13-25(2)14-19-23-24-21(29-19)20(26)22-16-7-11-17(27-3)12-8-16/h5-12H,4,13-14H2,1-3H3,(H,22,26). The smallest absolute Gasteiger partial charge is 0.286 e. The minimum atomic E-state index is -0.270. The summed E-state index contributed by atoms with van der Waals surface area (Å²) in [5, 5.41) is 12.1. The fourth-order valence-electron chi connectivity index (χ4n) is 2.72. The maximum Gasteiger partial charge on any atom is 0.286 e. The predicted octanol–water partition coefficient (Wildman–Crippen LogP) is 3.83. The molecule has 0 saturated carbocycles. The van der Waals surface area contributed by atoms with Gasteiger partial charge >= 0.3 is 0 Å². The van der Waals surface area contributed by atoms with Crippen molar-refractivity contribution in [2.24, 2.45) is 0 Å². The van der Waals surface area contributed by atoms with Gasteiger partial charge in [-0.05, 0) is 55.9 Å². The fourth-order valence-corrected chi connectivity index (χ4v) is 3.54. The molecule has 0 radical (unpaired) electrons. The average molecular weight is 413 g/mol. The van der Waals surface area contributed by atoms with Gasteiger partial charge in [0.25, 0.3) is 5.91 Å². The number of rotatable bonds is 9. The van der Waals surface area contributed by atoms with Crippen LogP contribution in [-0.4, -0.2) is 41.8 Å². The molecule has 0 aliphatic heterocycles. The van der Waals surface area contributed by atoms with E-state index in [9.17, 15) is 4.79 Å². The molecule has 3 rings (SSSR count). The molecule has 1 N–H and O–H groups in total. The molecule has 1 aromatic heterocycles. The number of nitrogens with one attached hydrogen (secondary N) is 1. The van der Waals surface area contributed by atoms with Crippen LogP contribution >= 0.6 is 11.3 Å². The van der Waals surface area contributed by atoms with Gasteiger partial charge in [-0.15, -0.1) is 10.2 Å². The third-order valence-electron chi connectivity index (χ3n) is 4.10. The van der Waals surface area contributed by atoms with Gasteiger partial charge in [0.2, 0.25) is 5.01 Å². The number of ether oxygens (including phenoxy) is 2. The number of carbonyl (C=O) groups excluding carboxylic acids is 1. The number of carbonyl (C=O) groups is 1. The molecule has 0 fully saturated rings. The van der Waals surface area contributed by atoms with Gasteiger partial charge in [0.15, 0.2) is 0 Å². The van der Waals surface area contributed by atoms with Gasteiger partial charge < -0.3 is 14.8 Å². The van der Waals surface area contributed by atoms with Crippen LogP contribution in [0.15, 0.2) is 48.5 Å². The summed E-state index contributed by atoms with van der Waals surface area (Å²) < 4.78 is 10.6. The first-order valence-corrected chi connectivity index (χ1v) is 10.1. The normalized spacial score (nSPS) is 10.8. The second-order valence-corrected chi connectivity index (χ2v) is 7.49. The first kappa shape index (κ1) is 20.8. The molecule has 1 amide bonds. The molecule has 29 heavy (non-hydrogen) atoms. The van der Waals surface area contributed by atoms with Crippen molar-refractivity contribution >= 4 is 22.9 Å². The Bertz CT molecular complexity index is 926. The molecule has 3 aromatic rings. The number of aromatic nitrogens is 2. The van der Waals surface area contributed by atoms with Crippen LogP contribution in [0.1, 0.15) is 27.3 Å². The molecule has 1 heterocycles. The highest BCUT2D eigenvalue weighted by Gasteiger charge is 2.14. The summed E-state index contributed by atoms with van der Waals surface area (Å²) in [7, 11) is 3.61. The highest BCUT2D eigenvalue weighted by molar-refractivity contribution is 7.13. The van der Waals surface area contributed by atoms with E-state index in [1.165, 1.54) is 16.9 Å². The van der Waals surface area contributed by atoms with Crippen LogP contribution in [-0.2, 0) is 13.1 Å². The van der Waals surface area contributed by atoms with E-state index < -0.39 is 0 Å². The molecular formula is C21H24N4O3S. The van der Waals surface area contributed by atoms with Crippen LogP contribution < -0.4 is 14.8 Å². The summed E-state index contributed by atoms with van der Waals surface area (Å²) in [6.07, 6.45) is 0. The van der Waals surface area contributed by atoms with E-state index in [0.717, 1.165) is 23.1 Å². The maximum absolute atomic E-state index is 12.4. The lowest BCUT2D eigenvalue weighted by atomic mass is 10.2. The van der Waals surface area contributed by atoms with Crippen LogP contribution in [0.5, 0.6) is 11.5 Å². The SMILES string of the molecule is CCOc1ccc(CN(C)Cc2nnc(C(=O)Nc3ccc(OC)cc3)s2)cc1. The monoisotopic (exact) mass is 412 g/mol. The zero-order valence-electron chi connectivity index (χ0n) is 16.7. The lowest BCUT2D eigenvalue weighted by Gasteiger charge is -2.15.